The fourth-order valence-corrected chi connectivity index (χ4v) is 5.43. The van der Waals surface area contributed by atoms with Gasteiger partial charge in [0.15, 0.2) is 0 Å². The molecule has 32 heavy (non-hydrogen) atoms. The molecule has 1 aliphatic rings. The van der Waals surface area contributed by atoms with Crippen LogP contribution in [-0.4, -0.2) is 28.0 Å². The van der Waals surface area contributed by atoms with Gasteiger partial charge in [-0.1, -0.05) is 18.2 Å². The number of fused-ring (bicyclic) bond motifs is 1. The summed E-state index contributed by atoms with van der Waals surface area (Å²) in [5, 5.41) is 0. The van der Waals surface area contributed by atoms with Gasteiger partial charge in [0.1, 0.15) is 5.75 Å². The second-order valence-electron chi connectivity index (χ2n) is 7.97. The number of carbonyl (C=O) groups excluding carboxylic acids is 1. The third kappa shape index (κ3) is 4.21. The van der Waals surface area contributed by atoms with E-state index in [2.05, 4.69) is 4.72 Å². The van der Waals surface area contributed by atoms with E-state index in [1.807, 2.05) is 44.2 Å². The van der Waals surface area contributed by atoms with Crippen LogP contribution in [0.3, 0.4) is 0 Å². The van der Waals surface area contributed by atoms with Crippen molar-refractivity contribution in [3.8, 4) is 5.75 Å². The number of hydrogen-bond acceptors (Lipinski definition) is 4. The molecule has 3 aromatic carbocycles. The van der Waals surface area contributed by atoms with Crippen LogP contribution in [0.25, 0.3) is 0 Å². The minimum Gasteiger partial charge on any atom is -0.496 e. The Hall–Kier alpha value is -3.32. The molecule has 0 atom stereocenters. The summed E-state index contributed by atoms with van der Waals surface area (Å²) in [6.07, 6.45) is 1.60. The van der Waals surface area contributed by atoms with Crippen LogP contribution in [0.5, 0.6) is 5.75 Å². The molecule has 0 aliphatic carbocycles. The number of aryl methyl sites for hydroxylation is 3. The zero-order valence-electron chi connectivity index (χ0n) is 18.4. The molecule has 1 amide bonds. The number of rotatable bonds is 5. The highest BCUT2D eigenvalue weighted by atomic mass is 32.2. The van der Waals surface area contributed by atoms with Crippen LogP contribution >= 0.6 is 0 Å². The molecule has 0 bridgehead atoms. The van der Waals surface area contributed by atoms with Gasteiger partial charge < -0.3 is 9.64 Å². The molecule has 0 radical (unpaired) electrons. The lowest BCUT2D eigenvalue weighted by atomic mass is 10.00. The average Bonchev–Trinajstić information content (AvgIpc) is 2.78. The van der Waals surface area contributed by atoms with E-state index in [4.69, 9.17) is 4.74 Å². The van der Waals surface area contributed by atoms with Crippen molar-refractivity contribution in [2.75, 3.05) is 23.3 Å². The monoisotopic (exact) mass is 450 g/mol. The van der Waals surface area contributed by atoms with Crippen molar-refractivity contribution in [2.24, 2.45) is 0 Å². The molecule has 1 N–H and O–H groups in total. The number of amides is 1. The average molecular weight is 451 g/mol. The Balaban J connectivity index is 1.61. The third-order valence-electron chi connectivity index (χ3n) is 5.66. The molecule has 1 heterocycles. The molecule has 0 aromatic heterocycles. The molecule has 0 spiro atoms. The summed E-state index contributed by atoms with van der Waals surface area (Å²) in [5.74, 6) is 0.630. The van der Waals surface area contributed by atoms with Crippen LogP contribution < -0.4 is 14.4 Å². The number of nitrogens with one attached hydrogen (secondary N) is 1. The molecular formula is C25H26N2O4S. The number of ether oxygens (including phenoxy) is 1. The van der Waals surface area contributed by atoms with Gasteiger partial charge in [0.05, 0.1) is 12.0 Å². The Morgan fingerprint density at radius 2 is 1.69 bits per heavy atom. The first-order valence-corrected chi connectivity index (χ1v) is 12.0. The van der Waals surface area contributed by atoms with Gasteiger partial charge in [-0.2, -0.15) is 0 Å². The Morgan fingerprint density at radius 3 is 2.34 bits per heavy atom. The normalized spacial score (nSPS) is 13.4. The third-order valence-corrected chi connectivity index (χ3v) is 7.03. The Kier molecular flexibility index (Phi) is 5.93. The van der Waals surface area contributed by atoms with Crippen molar-refractivity contribution in [1.29, 1.82) is 0 Å². The van der Waals surface area contributed by atoms with Gasteiger partial charge in [-0.15, -0.1) is 0 Å². The number of hydrogen-bond donors (Lipinski definition) is 1. The Bertz CT molecular complexity index is 1250. The van der Waals surface area contributed by atoms with Gasteiger partial charge in [-0.3, -0.25) is 9.52 Å². The van der Waals surface area contributed by atoms with Crippen LogP contribution in [0.1, 0.15) is 33.5 Å². The van der Waals surface area contributed by atoms with Crippen molar-refractivity contribution in [3.63, 3.8) is 0 Å². The van der Waals surface area contributed by atoms with E-state index in [1.165, 1.54) is 0 Å². The molecule has 0 saturated heterocycles. The predicted molar refractivity (Wildman–Crippen MR) is 126 cm³/mol. The van der Waals surface area contributed by atoms with Gasteiger partial charge in [-0.05, 0) is 85.8 Å². The lowest BCUT2D eigenvalue weighted by molar-refractivity contribution is 0.0985. The fourth-order valence-electron chi connectivity index (χ4n) is 4.21. The Morgan fingerprint density at radius 1 is 1.00 bits per heavy atom. The first-order valence-electron chi connectivity index (χ1n) is 10.5. The van der Waals surface area contributed by atoms with E-state index < -0.39 is 10.0 Å². The quantitative estimate of drug-likeness (QED) is 0.611. The molecule has 3 aromatic rings. The van der Waals surface area contributed by atoms with Gasteiger partial charge in [-0.25, -0.2) is 8.42 Å². The molecule has 166 valence electrons. The van der Waals surface area contributed by atoms with Crippen LogP contribution in [0.2, 0.25) is 0 Å². The fraction of sp³-hybridized carbons (Fsp3) is 0.240. The van der Waals surface area contributed by atoms with E-state index in [0.29, 0.717) is 23.5 Å². The van der Waals surface area contributed by atoms with Crippen molar-refractivity contribution in [1.82, 2.24) is 0 Å². The number of anilines is 2. The minimum atomic E-state index is -3.77. The topological polar surface area (TPSA) is 75.7 Å². The maximum absolute atomic E-state index is 13.0. The van der Waals surface area contributed by atoms with Gasteiger partial charge in [0.25, 0.3) is 15.9 Å². The molecule has 6 nitrogen and oxygen atoms in total. The summed E-state index contributed by atoms with van der Waals surface area (Å²) < 4.78 is 34.0. The molecule has 7 heteroatoms. The SMILES string of the molecule is COc1c(C)cc(S(=O)(=O)Nc2ccc3c(c2)CCCN3C(=O)c2ccccc2)cc1C. The number of methoxy groups -OCH3 is 1. The molecule has 4 rings (SSSR count). The second-order valence-corrected chi connectivity index (χ2v) is 9.65. The molecule has 0 saturated carbocycles. The predicted octanol–water partition coefficient (Wildman–Crippen LogP) is 4.71. The van der Waals surface area contributed by atoms with Crippen LogP contribution in [0, 0.1) is 13.8 Å². The van der Waals surface area contributed by atoms with Gasteiger partial charge in [0, 0.05) is 23.5 Å². The molecule has 0 fully saturated rings. The summed E-state index contributed by atoms with van der Waals surface area (Å²) in [6.45, 7) is 4.28. The smallest absolute Gasteiger partial charge is 0.261 e. The van der Waals surface area contributed by atoms with Gasteiger partial charge >= 0.3 is 0 Å². The lowest BCUT2D eigenvalue weighted by Crippen LogP contribution is -2.35. The summed E-state index contributed by atoms with van der Waals surface area (Å²) >= 11 is 0. The van der Waals surface area contributed by atoms with E-state index in [0.717, 1.165) is 35.2 Å². The summed E-state index contributed by atoms with van der Waals surface area (Å²) in [7, 11) is -2.20. The van der Waals surface area contributed by atoms with Crippen molar-refractivity contribution in [3.05, 3.63) is 82.9 Å². The van der Waals surface area contributed by atoms with Crippen LogP contribution in [0.15, 0.2) is 65.6 Å². The largest absolute Gasteiger partial charge is 0.496 e. The number of nitrogens with zero attached hydrogens (tertiary/aromatic N) is 1. The van der Waals surface area contributed by atoms with Gasteiger partial charge in [0.2, 0.25) is 0 Å². The highest BCUT2D eigenvalue weighted by Gasteiger charge is 2.25. The number of carbonyl (C=O) groups is 1. The van der Waals surface area contributed by atoms with Crippen molar-refractivity contribution >= 4 is 27.3 Å². The molecule has 0 unspecified atom stereocenters. The second kappa shape index (κ2) is 8.67. The van der Waals surface area contributed by atoms with E-state index in [-0.39, 0.29) is 10.8 Å². The summed E-state index contributed by atoms with van der Waals surface area (Å²) in [5.41, 5.74) is 4.40. The van der Waals surface area contributed by atoms with Crippen LogP contribution in [-0.2, 0) is 16.4 Å². The summed E-state index contributed by atoms with van der Waals surface area (Å²) in [6, 6.07) is 17.7. The van der Waals surface area contributed by atoms with E-state index >= 15 is 0 Å². The molecular weight excluding hydrogens is 424 g/mol. The minimum absolute atomic E-state index is 0.0518. The Labute approximate surface area is 188 Å². The zero-order valence-corrected chi connectivity index (χ0v) is 19.2. The zero-order chi connectivity index (χ0) is 22.9. The van der Waals surface area contributed by atoms with Crippen molar-refractivity contribution in [2.45, 2.75) is 31.6 Å². The van der Waals surface area contributed by atoms with Crippen LogP contribution in [0.4, 0.5) is 11.4 Å². The number of benzene rings is 3. The first kappa shape index (κ1) is 21.9. The molecule has 1 aliphatic heterocycles. The maximum atomic E-state index is 13.0. The maximum Gasteiger partial charge on any atom is 0.261 e. The van der Waals surface area contributed by atoms with E-state index in [1.54, 1.807) is 42.3 Å². The highest BCUT2D eigenvalue weighted by molar-refractivity contribution is 7.92. The first-order chi connectivity index (χ1) is 15.3. The lowest BCUT2D eigenvalue weighted by Gasteiger charge is -2.30. The van der Waals surface area contributed by atoms with E-state index in [9.17, 15) is 13.2 Å². The van der Waals surface area contributed by atoms with Crippen molar-refractivity contribution < 1.29 is 17.9 Å². The summed E-state index contributed by atoms with van der Waals surface area (Å²) in [4.78, 5) is 14.9. The standard InChI is InChI=1S/C25H26N2O4S/c1-17-14-22(15-18(2)24(17)31-3)32(29,30)26-21-11-12-23-20(16-21)10-7-13-27(23)25(28)19-8-5-4-6-9-19/h4-6,8-9,11-12,14-16,26H,7,10,13H2,1-3H3. The highest BCUT2D eigenvalue weighted by Crippen LogP contribution is 2.32. The number of sulfonamides is 1.